The molecular formula is C22H32F6N4O. The molecule has 188 valence electrons. The van der Waals surface area contributed by atoms with Crippen LogP contribution in [0.15, 0.2) is 24.4 Å². The summed E-state index contributed by atoms with van der Waals surface area (Å²) in [5, 5.41) is 2.90. The highest BCUT2D eigenvalue weighted by atomic mass is 19.4. The summed E-state index contributed by atoms with van der Waals surface area (Å²) in [5.74, 6) is 0.529. The average molecular weight is 483 g/mol. The highest BCUT2D eigenvalue weighted by Crippen LogP contribution is 2.36. The molecule has 0 saturated carbocycles. The molecule has 0 aliphatic rings. The highest BCUT2D eigenvalue weighted by molar-refractivity contribution is 5.51. The normalized spacial score (nSPS) is 11.4. The van der Waals surface area contributed by atoms with E-state index in [9.17, 15) is 31.1 Å². The molecule has 2 aromatic rings. The lowest BCUT2D eigenvalue weighted by atomic mass is 10.0. The molecule has 0 radical (unpaired) electrons. The lowest BCUT2D eigenvalue weighted by molar-refractivity contribution is -0.143. The van der Waals surface area contributed by atoms with Gasteiger partial charge in [0.05, 0.1) is 24.2 Å². The number of halogens is 6. The van der Waals surface area contributed by atoms with Crippen LogP contribution >= 0.6 is 0 Å². The fourth-order valence-electron chi connectivity index (χ4n) is 2.68. The summed E-state index contributed by atoms with van der Waals surface area (Å²) >= 11 is 0. The molecule has 0 aliphatic heterocycles. The molecule has 1 aromatic heterocycles. The Morgan fingerprint density at radius 2 is 1.55 bits per heavy atom. The first-order chi connectivity index (χ1) is 15.5. The summed E-state index contributed by atoms with van der Waals surface area (Å²) in [6, 6.07) is 1.52. The maximum Gasteiger partial charge on any atom is 0.416 e. The minimum atomic E-state index is -4.88. The van der Waals surface area contributed by atoms with E-state index in [1.165, 1.54) is 6.20 Å². The third-order valence-electron chi connectivity index (χ3n) is 4.04. The zero-order valence-corrected chi connectivity index (χ0v) is 19.5. The number of carbonyl (C=O) groups excluding carboxylic acids is 1. The van der Waals surface area contributed by atoms with Gasteiger partial charge in [0.2, 0.25) is 0 Å². The Labute approximate surface area is 190 Å². The van der Waals surface area contributed by atoms with Crippen molar-refractivity contribution in [1.82, 2.24) is 20.2 Å². The molecule has 0 saturated heterocycles. The van der Waals surface area contributed by atoms with Gasteiger partial charge in [-0.3, -0.25) is 4.90 Å². The van der Waals surface area contributed by atoms with Gasteiger partial charge >= 0.3 is 12.4 Å². The number of carbonyl (C=O) groups is 1. The topological polar surface area (TPSA) is 61.0 Å². The molecule has 0 unspecified atom stereocenters. The molecule has 0 spiro atoms. The first kappa shape index (κ1) is 30.6. The smallest absolute Gasteiger partial charge is 0.345 e. The minimum absolute atomic E-state index is 0.107. The molecule has 1 aromatic carbocycles. The Hall–Kier alpha value is -2.40. The standard InChI is InChI=1S/C18H20F6N4O.2C2H6/c1-28(4-2-25-3-5-29)11-16-26-10-15(27-16)8-12-6-13(17(19,20)21)9-14(7-12)18(22,23)24;2*1-2/h5-7,9-10,25H,2-4,8,11H2,1H3,(H,26,27);2*1-2H3. The molecule has 1 heterocycles. The monoisotopic (exact) mass is 482 g/mol. The van der Waals surface area contributed by atoms with Crippen molar-refractivity contribution in [3.05, 3.63) is 52.6 Å². The first-order valence-corrected chi connectivity index (χ1v) is 10.6. The first-order valence-electron chi connectivity index (χ1n) is 10.6. The van der Waals surface area contributed by atoms with Gasteiger partial charge < -0.3 is 15.1 Å². The van der Waals surface area contributed by atoms with Crippen molar-refractivity contribution in [2.24, 2.45) is 0 Å². The van der Waals surface area contributed by atoms with Gasteiger partial charge in [0.15, 0.2) is 0 Å². The molecule has 0 aliphatic carbocycles. The van der Waals surface area contributed by atoms with Crippen molar-refractivity contribution >= 4 is 6.29 Å². The summed E-state index contributed by atoms with van der Waals surface area (Å²) < 4.78 is 77.7. The fraction of sp³-hybridized carbons (Fsp3) is 0.545. The maximum absolute atomic E-state index is 13.0. The second-order valence-corrected chi connectivity index (χ2v) is 6.55. The van der Waals surface area contributed by atoms with Gasteiger partial charge in [0.1, 0.15) is 12.1 Å². The molecule has 2 rings (SSSR count). The fourth-order valence-corrected chi connectivity index (χ4v) is 2.68. The number of aromatic nitrogens is 2. The zero-order valence-electron chi connectivity index (χ0n) is 19.5. The van der Waals surface area contributed by atoms with Crippen molar-refractivity contribution < 1.29 is 31.1 Å². The average Bonchev–Trinajstić information content (AvgIpc) is 3.19. The lowest BCUT2D eigenvalue weighted by Gasteiger charge is -2.15. The van der Waals surface area contributed by atoms with Gasteiger partial charge in [-0.25, -0.2) is 4.98 Å². The van der Waals surface area contributed by atoms with Crippen LogP contribution in [-0.2, 0) is 30.1 Å². The SMILES string of the molecule is CC.CC.CN(CCNCC=O)Cc1ncc(Cc2cc(C(F)(F)F)cc(C(F)(F)F)c2)[nH]1. The Balaban J connectivity index is 0.00000242. The van der Waals surface area contributed by atoms with Crippen LogP contribution in [0.3, 0.4) is 0 Å². The number of H-pyrrole nitrogens is 1. The molecule has 5 nitrogen and oxygen atoms in total. The number of imidazole rings is 1. The van der Waals surface area contributed by atoms with E-state index in [1.54, 1.807) is 0 Å². The van der Waals surface area contributed by atoms with Gasteiger partial charge in [-0.05, 0) is 30.8 Å². The Bertz CT molecular complexity index is 786. The van der Waals surface area contributed by atoms with E-state index < -0.39 is 23.5 Å². The quantitative estimate of drug-likeness (QED) is 0.289. The number of benzene rings is 1. The van der Waals surface area contributed by atoms with E-state index in [0.29, 0.717) is 43.3 Å². The van der Waals surface area contributed by atoms with Gasteiger partial charge in [0.25, 0.3) is 0 Å². The number of hydrogen-bond acceptors (Lipinski definition) is 4. The van der Waals surface area contributed by atoms with Crippen LogP contribution in [0.2, 0.25) is 0 Å². The predicted octanol–water partition coefficient (Wildman–Crippen LogP) is 5.31. The van der Waals surface area contributed by atoms with Crippen LogP contribution in [-0.4, -0.2) is 47.8 Å². The molecule has 0 atom stereocenters. The van der Waals surface area contributed by atoms with Crippen molar-refractivity contribution in [3.8, 4) is 0 Å². The summed E-state index contributed by atoms with van der Waals surface area (Å²) in [4.78, 5) is 19.2. The second kappa shape index (κ2) is 14.7. The molecule has 33 heavy (non-hydrogen) atoms. The van der Waals surface area contributed by atoms with Crippen molar-refractivity contribution in [2.75, 3.05) is 26.7 Å². The maximum atomic E-state index is 13.0. The third-order valence-corrected chi connectivity index (χ3v) is 4.04. The van der Waals surface area contributed by atoms with Crippen molar-refractivity contribution in [2.45, 2.75) is 53.0 Å². The summed E-state index contributed by atoms with van der Waals surface area (Å²) in [5.41, 5.74) is -2.40. The number of rotatable bonds is 9. The Morgan fingerprint density at radius 3 is 2.03 bits per heavy atom. The number of nitrogens with one attached hydrogen (secondary N) is 2. The molecule has 2 N–H and O–H groups in total. The largest absolute Gasteiger partial charge is 0.416 e. The Kier molecular flexibility index (Phi) is 13.6. The van der Waals surface area contributed by atoms with Gasteiger partial charge in [-0.1, -0.05) is 27.7 Å². The van der Waals surface area contributed by atoms with Crippen LogP contribution in [0, 0.1) is 0 Å². The summed E-state index contributed by atoms with van der Waals surface area (Å²) in [7, 11) is 1.81. The van der Waals surface area contributed by atoms with Crippen LogP contribution in [0.1, 0.15) is 55.9 Å². The molecule has 0 amide bonds. The van der Waals surface area contributed by atoms with Crippen molar-refractivity contribution in [1.29, 1.82) is 0 Å². The summed E-state index contributed by atoms with van der Waals surface area (Å²) in [6.45, 7) is 9.84. The van der Waals surface area contributed by atoms with Crippen LogP contribution in [0.25, 0.3) is 0 Å². The van der Waals surface area contributed by atoms with Gasteiger partial charge in [-0.15, -0.1) is 0 Å². The van der Waals surface area contributed by atoms with Gasteiger partial charge in [0, 0.05) is 31.4 Å². The summed E-state index contributed by atoms with van der Waals surface area (Å²) in [6.07, 6.45) is -7.77. The second-order valence-electron chi connectivity index (χ2n) is 6.55. The number of likely N-dealkylation sites (N-methyl/N-ethyl adjacent to an activating group) is 1. The van der Waals surface area contributed by atoms with E-state index in [2.05, 4.69) is 15.3 Å². The van der Waals surface area contributed by atoms with E-state index in [-0.39, 0.29) is 24.6 Å². The van der Waals surface area contributed by atoms with E-state index in [4.69, 9.17) is 0 Å². The minimum Gasteiger partial charge on any atom is -0.345 e. The molecule has 0 fully saturated rings. The van der Waals surface area contributed by atoms with E-state index >= 15 is 0 Å². The number of aromatic amines is 1. The van der Waals surface area contributed by atoms with E-state index in [1.807, 2.05) is 39.6 Å². The van der Waals surface area contributed by atoms with E-state index in [0.717, 1.165) is 6.29 Å². The molecule has 0 bridgehead atoms. The molecule has 11 heteroatoms. The number of alkyl halides is 6. The number of hydrogen-bond donors (Lipinski definition) is 2. The van der Waals surface area contributed by atoms with Crippen LogP contribution < -0.4 is 5.32 Å². The number of aldehydes is 1. The Morgan fingerprint density at radius 1 is 1.00 bits per heavy atom. The number of nitrogens with zero attached hydrogens (tertiary/aromatic N) is 2. The predicted molar refractivity (Wildman–Crippen MR) is 116 cm³/mol. The zero-order chi connectivity index (χ0) is 25.7. The highest BCUT2D eigenvalue weighted by Gasteiger charge is 2.36. The third kappa shape index (κ3) is 11.3. The lowest BCUT2D eigenvalue weighted by Crippen LogP contribution is -2.30. The van der Waals surface area contributed by atoms with Crippen LogP contribution in [0.5, 0.6) is 0 Å². The van der Waals surface area contributed by atoms with Gasteiger partial charge in [-0.2, -0.15) is 26.3 Å². The van der Waals surface area contributed by atoms with Crippen molar-refractivity contribution in [3.63, 3.8) is 0 Å². The van der Waals surface area contributed by atoms with Crippen LogP contribution in [0.4, 0.5) is 26.3 Å². The molecular weight excluding hydrogens is 450 g/mol.